The van der Waals surface area contributed by atoms with Crippen LogP contribution in [0.2, 0.25) is 5.15 Å². The Balaban J connectivity index is 1.95. The van der Waals surface area contributed by atoms with Gasteiger partial charge in [0.2, 0.25) is 0 Å². The summed E-state index contributed by atoms with van der Waals surface area (Å²) < 4.78 is 1.54. The molecule has 136 valence electrons. The van der Waals surface area contributed by atoms with Crippen LogP contribution in [0.5, 0.6) is 0 Å². The van der Waals surface area contributed by atoms with Gasteiger partial charge >= 0.3 is 0 Å². The summed E-state index contributed by atoms with van der Waals surface area (Å²) in [4.78, 5) is 20.7. The minimum atomic E-state index is 0.0759. The van der Waals surface area contributed by atoms with Gasteiger partial charge in [-0.05, 0) is 25.1 Å². The molecule has 0 atom stereocenters. The molecular formula is C18H12ClN9. The maximum Gasteiger partial charge on any atom is 0.175 e. The second-order valence-corrected chi connectivity index (χ2v) is 6.15. The van der Waals surface area contributed by atoms with E-state index in [0.717, 1.165) is 5.56 Å². The second-order valence-electron chi connectivity index (χ2n) is 5.76. The Morgan fingerprint density at radius 1 is 1.25 bits per heavy atom. The Bertz CT molecular complexity index is 1260. The summed E-state index contributed by atoms with van der Waals surface area (Å²) in [6.07, 6.45) is 6.13. The fraction of sp³-hybridized carbons (Fsp3) is 0.0556. The molecule has 4 aromatic heterocycles. The summed E-state index contributed by atoms with van der Waals surface area (Å²) in [6.45, 7) is 1.79. The molecule has 0 aliphatic heterocycles. The lowest BCUT2D eigenvalue weighted by molar-refractivity contribution is 0.940. The predicted octanol–water partition coefficient (Wildman–Crippen LogP) is 2.83. The van der Waals surface area contributed by atoms with Gasteiger partial charge in [0, 0.05) is 29.2 Å². The third-order valence-electron chi connectivity index (χ3n) is 4.04. The van der Waals surface area contributed by atoms with Crippen molar-refractivity contribution in [3.05, 3.63) is 59.4 Å². The van der Waals surface area contributed by atoms with Gasteiger partial charge in [-0.2, -0.15) is 10.4 Å². The quantitative estimate of drug-likeness (QED) is 0.533. The minimum absolute atomic E-state index is 0.0759. The summed E-state index contributed by atoms with van der Waals surface area (Å²) in [5, 5.41) is 14.3. The van der Waals surface area contributed by atoms with E-state index in [1.807, 2.05) is 24.3 Å². The summed E-state index contributed by atoms with van der Waals surface area (Å²) in [5.41, 5.74) is 9.19. The van der Waals surface area contributed by atoms with Gasteiger partial charge in [0.05, 0.1) is 6.20 Å². The lowest BCUT2D eigenvalue weighted by atomic mass is 10.0. The van der Waals surface area contributed by atoms with Crippen molar-refractivity contribution in [1.29, 1.82) is 5.26 Å². The van der Waals surface area contributed by atoms with E-state index in [4.69, 9.17) is 17.3 Å². The first-order valence-electron chi connectivity index (χ1n) is 8.09. The SMILES string of the molecule is CC(=Nc1ncnc(N)c1C#N)c1cc2ncc(Cl)n2nc1-c1ccncc1. The molecule has 0 saturated heterocycles. The van der Waals surface area contributed by atoms with Gasteiger partial charge in [-0.3, -0.25) is 4.98 Å². The lowest BCUT2D eigenvalue weighted by Gasteiger charge is -2.10. The lowest BCUT2D eigenvalue weighted by Crippen LogP contribution is -2.06. The maximum absolute atomic E-state index is 9.33. The maximum atomic E-state index is 9.33. The van der Waals surface area contributed by atoms with Crippen LogP contribution < -0.4 is 5.73 Å². The van der Waals surface area contributed by atoms with Gasteiger partial charge in [-0.1, -0.05) is 11.6 Å². The highest BCUT2D eigenvalue weighted by molar-refractivity contribution is 6.29. The second kappa shape index (κ2) is 7.02. The zero-order valence-corrected chi connectivity index (χ0v) is 15.3. The molecule has 0 fully saturated rings. The number of nitrogens with zero attached hydrogens (tertiary/aromatic N) is 8. The Kier molecular flexibility index (Phi) is 4.39. The highest BCUT2D eigenvalue weighted by Crippen LogP contribution is 2.26. The standard InChI is InChI=1S/C18H12ClN9/c1-10(26-18-13(7-20)17(21)24-9-25-18)12-6-15-23-8-14(19)28(15)27-16(12)11-2-4-22-5-3-11/h2-6,8-9H,1H3,(H2,21,24,25). The van der Waals surface area contributed by atoms with E-state index in [-0.39, 0.29) is 17.2 Å². The number of aliphatic imine (C=N–C) groups is 1. The molecule has 0 aromatic carbocycles. The first-order valence-corrected chi connectivity index (χ1v) is 8.47. The molecule has 0 radical (unpaired) electrons. The molecule has 10 heteroatoms. The molecule has 9 nitrogen and oxygen atoms in total. The Morgan fingerprint density at radius 3 is 2.79 bits per heavy atom. The smallest absolute Gasteiger partial charge is 0.175 e. The van der Waals surface area contributed by atoms with E-state index >= 15 is 0 Å². The molecule has 0 aliphatic rings. The zero-order valence-electron chi connectivity index (χ0n) is 14.6. The van der Waals surface area contributed by atoms with Gasteiger partial charge in [0.15, 0.2) is 16.6 Å². The Labute approximate surface area is 164 Å². The normalized spacial score (nSPS) is 11.5. The van der Waals surface area contributed by atoms with Crippen LogP contribution in [0.4, 0.5) is 11.6 Å². The number of nitriles is 1. The average Bonchev–Trinajstić information content (AvgIpc) is 3.08. The molecule has 4 rings (SSSR count). The van der Waals surface area contributed by atoms with Crippen LogP contribution in [0.1, 0.15) is 18.1 Å². The molecule has 0 spiro atoms. The molecular weight excluding hydrogens is 378 g/mol. The highest BCUT2D eigenvalue weighted by Gasteiger charge is 2.16. The van der Waals surface area contributed by atoms with Crippen LogP contribution >= 0.6 is 11.6 Å². The first kappa shape index (κ1) is 17.5. The molecule has 0 amide bonds. The van der Waals surface area contributed by atoms with Crippen molar-refractivity contribution in [2.75, 3.05) is 5.73 Å². The van der Waals surface area contributed by atoms with Crippen LogP contribution in [0, 0.1) is 11.3 Å². The summed E-state index contributed by atoms with van der Waals surface area (Å²) >= 11 is 6.18. The molecule has 0 saturated carbocycles. The van der Waals surface area contributed by atoms with Crippen molar-refractivity contribution >= 4 is 34.6 Å². The minimum Gasteiger partial charge on any atom is -0.382 e. The van der Waals surface area contributed by atoms with Crippen molar-refractivity contribution in [2.45, 2.75) is 6.92 Å². The van der Waals surface area contributed by atoms with E-state index in [9.17, 15) is 5.26 Å². The van der Waals surface area contributed by atoms with Gasteiger partial charge in [0.1, 0.15) is 29.5 Å². The molecule has 0 aliphatic carbocycles. The molecule has 2 N–H and O–H groups in total. The number of imidazole rings is 1. The predicted molar refractivity (Wildman–Crippen MR) is 104 cm³/mol. The third-order valence-corrected chi connectivity index (χ3v) is 4.29. The number of nitrogen functional groups attached to an aromatic ring is 1. The van der Waals surface area contributed by atoms with Crippen molar-refractivity contribution in [3.8, 4) is 17.3 Å². The highest BCUT2D eigenvalue weighted by atomic mass is 35.5. The monoisotopic (exact) mass is 389 g/mol. The van der Waals surface area contributed by atoms with Gasteiger partial charge in [0.25, 0.3) is 0 Å². The molecule has 4 heterocycles. The Morgan fingerprint density at radius 2 is 2.04 bits per heavy atom. The van der Waals surface area contributed by atoms with E-state index in [2.05, 4.69) is 30.0 Å². The number of hydrogen-bond acceptors (Lipinski definition) is 8. The zero-order chi connectivity index (χ0) is 19.7. The summed E-state index contributed by atoms with van der Waals surface area (Å²) in [7, 11) is 0. The summed E-state index contributed by atoms with van der Waals surface area (Å²) in [5.74, 6) is 0.265. The van der Waals surface area contributed by atoms with Crippen molar-refractivity contribution in [1.82, 2.24) is 29.5 Å². The summed E-state index contributed by atoms with van der Waals surface area (Å²) in [6, 6.07) is 7.47. The number of halogens is 1. The molecule has 0 unspecified atom stereocenters. The molecule has 28 heavy (non-hydrogen) atoms. The number of rotatable bonds is 3. The number of fused-ring (bicyclic) bond motifs is 1. The largest absolute Gasteiger partial charge is 0.382 e. The number of pyridine rings is 1. The fourth-order valence-electron chi connectivity index (χ4n) is 2.69. The van der Waals surface area contributed by atoms with Gasteiger partial charge in [-0.25, -0.2) is 24.5 Å². The van der Waals surface area contributed by atoms with E-state index in [1.165, 1.54) is 17.0 Å². The molecule has 4 aromatic rings. The van der Waals surface area contributed by atoms with Crippen LogP contribution in [0.15, 0.2) is 48.1 Å². The third kappa shape index (κ3) is 3.02. The van der Waals surface area contributed by atoms with Crippen molar-refractivity contribution in [3.63, 3.8) is 0 Å². The number of nitrogens with two attached hydrogens (primary N) is 1. The van der Waals surface area contributed by atoms with E-state index in [1.54, 1.807) is 19.3 Å². The van der Waals surface area contributed by atoms with E-state index in [0.29, 0.717) is 27.8 Å². The number of hydrogen-bond donors (Lipinski definition) is 1. The van der Waals surface area contributed by atoms with Crippen LogP contribution in [0.3, 0.4) is 0 Å². The molecule has 0 bridgehead atoms. The van der Waals surface area contributed by atoms with Gasteiger partial charge in [-0.15, -0.1) is 0 Å². The van der Waals surface area contributed by atoms with E-state index < -0.39 is 0 Å². The van der Waals surface area contributed by atoms with Crippen LogP contribution in [-0.2, 0) is 0 Å². The topological polar surface area (TPSA) is 131 Å². The Hall–Kier alpha value is -3.90. The van der Waals surface area contributed by atoms with Gasteiger partial charge < -0.3 is 5.73 Å². The number of aromatic nitrogens is 6. The first-order chi connectivity index (χ1) is 13.6. The average molecular weight is 390 g/mol. The van der Waals surface area contributed by atoms with Crippen LogP contribution in [0.25, 0.3) is 16.9 Å². The van der Waals surface area contributed by atoms with Crippen molar-refractivity contribution in [2.24, 2.45) is 4.99 Å². The number of anilines is 1. The van der Waals surface area contributed by atoms with Crippen LogP contribution in [-0.4, -0.2) is 35.3 Å². The fourth-order valence-corrected chi connectivity index (χ4v) is 2.86. The van der Waals surface area contributed by atoms with Crippen molar-refractivity contribution < 1.29 is 0 Å².